The molecule has 0 radical (unpaired) electrons. The van der Waals surface area contributed by atoms with Crippen LogP contribution in [0.5, 0.6) is 5.75 Å². The van der Waals surface area contributed by atoms with Crippen molar-refractivity contribution in [2.45, 2.75) is 0 Å². The standard InChI is InChI=1S/C17H17N3O2/c18-17(21)20-19-13-15-10-4-5-11-16(15)22-12-6-9-14-7-2-1-3-8-14/h1-11,13H,12H2,(H3,18,20,21). The topological polar surface area (TPSA) is 76.7 Å². The predicted molar refractivity (Wildman–Crippen MR) is 87.7 cm³/mol. The van der Waals surface area contributed by atoms with E-state index in [-0.39, 0.29) is 0 Å². The van der Waals surface area contributed by atoms with Gasteiger partial charge in [0, 0.05) is 5.56 Å². The third kappa shape index (κ3) is 5.13. The van der Waals surface area contributed by atoms with Crippen LogP contribution in [0.4, 0.5) is 4.79 Å². The number of nitrogens with zero attached hydrogens (tertiary/aromatic N) is 1. The molecule has 0 aliphatic rings. The van der Waals surface area contributed by atoms with Crippen LogP contribution in [-0.2, 0) is 0 Å². The monoisotopic (exact) mass is 295 g/mol. The van der Waals surface area contributed by atoms with Crippen molar-refractivity contribution in [3.63, 3.8) is 0 Å². The summed E-state index contributed by atoms with van der Waals surface area (Å²) in [7, 11) is 0. The van der Waals surface area contributed by atoms with E-state index in [1.54, 1.807) is 0 Å². The van der Waals surface area contributed by atoms with E-state index in [0.717, 1.165) is 11.1 Å². The zero-order valence-corrected chi connectivity index (χ0v) is 12.0. The first kappa shape index (κ1) is 15.3. The quantitative estimate of drug-likeness (QED) is 0.635. The second kappa shape index (κ2) is 8.26. The number of hydrogen-bond acceptors (Lipinski definition) is 3. The van der Waals surface area contributed by atoms with Crippen LogP contribution in [0.3, 0.4) is 0 Å². The molecular formula is C17H17N3O2. The van der Waals surface area contributed by atoms with Crippen molar-refractivity contribution in [2.24, 2.45) is 10.8 Å². The maximum atomic E-state index is 10.6. The number of benzene rings is 2. The molecule has 2 amide bonds. The van der Waals surface area contributed by atoms with E-state index in [1.807, 2.05) is 66.7 Å². The van der Waals surface area contributed by atoms with Crippen LogP contribution in [0, 0.1) is 0 Å². The molecule has 0 aliphatic carbocycles. The molecule has 5 heteroatoms. The number of amides is 2. The van der Waals surface area contributed by atoms with E-state index < -0.39 is 6.03 Å². The van der Waals surface area contributed by atoms with Crippen LogP contribution in [0.25, 0.3) is 6.08 Å². The molecular weight excluding hydrogens is 278 g/mol. The molecule has 0 unspecified atom stereocenters. The zero-order valence-electron chi connectivity index (χ0n) is 12.0. The molecule has 0 heterocycles. The van der Waals surface area contributed by atoms with Gasteiger partial charge >= 0.3 is 6.03 Å². The second-order valence-electron chi connectivity index (χ2n) is 4.40. The molecule has 5 nitrogen and oxygen atoms in total. The van der Waals surface area contributed by atoms with Crippen LogP contribution in [0.2, 0.25) is 0 Å². The minimum Gasteiger partial charge on any atom is -0.489 e. The van der Waals surface area contributed by atoms with Crippen LogP contribution in [0.1, 0.15) is 11.1 Å². The summed E-state index contributed by atoms with van der Waals surface area (Å²) in [6.45, 7) is 0.434. The summed E-state index contributed by atoms with van der Waals surface area (Å²) < 4.78 is 5.69. The molecule has 2 aromatic rings. The lowest BCUT2D eigenvalue weighted by molar-refractivity contribution is 0.249. The molecule has 0 fully saturated rings. The number of ether oxygens (including phenoxy) is 1. The Morgan fingerprint density at radius 3 is 2.64 bits per heavy atom. The summed E-state index contributed by atoms with van der Waals surface area (Å²) in [6.07, 6.45) is 5.41. The van der Waals surface area contributed by atoms with Crippen LogP contribution in [0.15, 0.2) is 65.8 Å². The Morgan fingerprint density at radius 2 is 1.86 bits per heavy atom. The number of nitrogens with one attached hydrogen (secondary N) is 1. The summed E-state index contributed by atoms with van der Waals surface area (Å²) in [4.78, 5) is 10.6. The van der Waals surface area contributed by atoms with Crippen LogP contribution < -0.4 is 15.9 Å². The highest BCUT2D eigenvalue weighted by Gasteiger charge is 1.99. The smallest absolute Gasteiger partial charge is 0.332 e. The number of para-hydroxylation sites is 1. The average molecular weight is 295 g/mol. The van der Waals surface area contributed by atoms with E-state index in [2.05, 4.69) is 10.5 Å². The molecule has 0 atom stereocenters. The number of carbonyl (C=O) groups is 1. The van der Waals surface area contributed by atoms with Gasteiger partial charge in [-0.25, -0.2) is 10.2 Å². The Labute approximate surface area is 129 Å². The van der Waals surface area contributed by atoms with E-state index in [4.69, 9.17) is 10.5 Å². The molecule has 0 saturated carbocycles. The van der Waals surface area contributed by atoms with Gasteiger partial charge in [-0.05, 0) is 23.8 Å². The molecule has 3 N–H and O–H groups in total. The van der Waals surface area contributed by atoms with Crippen molar-refractivity contribution in [3.8, 4) is 5.75 Å². The van der Waals surface area contributed by atoms with Gasteiger partial charge in [-0.2, -0.15) is 5.10 Å². The largest absolute Gasteiger partial charge is 0.489 e. The fourth-order valence-corrected chi connectivity index (χ4v) is 1.77. The molecule has 22 heavy (non-hydrogen) atoms. The molecule has 0 aromatic heterocycles. The van der Waals surface area contributed by atoms with Crippen molar-refractivity contribution in [1.82, 2.24) is 5.43 Å². The highest BCUT2D eigenvalue weighted by Crippen LogP contribution is 2.15. The number of hydrogen-bond donors (Lipinski definition) is 2. The lowest BCUT2D eigenvalue weighted by Gasteiger charge is -2.06. The number of rotatable bonds is 6. The maximum Gasteiger partial charge on any atom is 0.332 e. The first-order chi connectivity index (χ1) is 10.8. The van der Waals surface area contributed by atoms with Gasteiger partial charge in [0.2, 0.25) is 0 Å². The molecule has 112 valence electrons. The minimum atomic E-state index is -0.708. The Hall–Kier alpha value is -3.08. The Bertz CT molecular complexity index is 667. The van der Waals surface area contributed by atoms with Gasteiger partial charge < -0.3 is 10.5 Å². The summed E-state index contributed by atoms with van der Waals surface area (Å²) in [5.41, 5.74) is 8.96. The van der Waals surface area contributed by atoms with E-state index in [1.165, 1.54) is 6.21 Å². The maximum absolute atomic E-state index is 10.6. The number of carbonyl (C=O) groups excluding carboxylic acids is 1. The number of urea groups is 1. The normalized spacial score (nSPS) is 10.9. The van der Waals surface area contributed by atoms with Crippen molar-refractivity contribution in [2.75, 3.05) is 6.61 Å². The van der Waals surface area contributed by atoms with Crippen molar-refractivity contribution >= 4 is 18.3 Å². The highest BCUT2D eigenvalue weighted by atomic mass is 16.5. The first-order valence-electron chi connectivity index (χ1n) is 6.77. The Kier molecular flexibility index (Phi) is 5.75. The van der Waals surface area contributed by atoms with Gasteiger partial charge in [0.15, 0.2) is 0 Å². The van der Waals surface area contributed by atoms with E-state index in [0.29, 0.717) is 12.4 Å². The third-order valence-corrected chi connectivity index (χ3v) is 2.74. The lowest BCUT2D eigenvalue weighted by Crippen LogP contribution is -2.24. The fraction of sp³-hybridized carbons (Fsp3) is 0.0588. The van der Waals surface area contributed by atoms with Gasteiger partial charge in [-0.1, -0.05) is 48.5 Å². The summed E-state index contributed by atoms with van der Waals surface area (Å²) in [5, 5.41) is 3.73. The second-order valence-corrected chi connectivity index (χ2v) is 4.40. The minimum absolute atomic E-state index is 0.434. The highest BCUT2D eigenvalue weighted by molar-refractivity contribution is 5.84. The van der Waals surface area contributed by atoms with Gasteiger partial charge in [-0.3, -0.25) is 0 Å². The Morgan fingerprint density at radius 1 is 1.14 bits per heavy atom. The number of nitrogens with two attached hydrogens (primary N) is 1. The van der Waals surface area contributed by atoms with Crippen molar-refractivity contribution in [1.29, 1.82) is 0 Å². The van der Waals surface area contributed by atoms with Crippen LogP contribution in [-0.4, -0.2) is 18.9 Å². The lowest BCUT2D eigenvalue weighted by atomic mass is 10.2. The predicted octanol–water partition coefficient (Wildman–Crippen LogP) is 2.78. The summed E-state index contributed by atoms with van der Waals surface area (Å²) >= 11 is 0. The van der Waals surface area contributed by atoms with Crippen LogP contribution >= 0.6 is 0 Å². The Balaban J connectivity index is 1.94. The van der Waals surface area contributed by atoms with Gasteiger partial charge in [-0.15, -0.1) is 0 Å². The van der Waals surface area contributed by atoms with Gasteiger partial charge in [0.05, 0.1) is 6.21 Å². The van der Waals surface area contributed by atoms with Gasteiger partial charge in [0.1, 0.15) is 12.4 Å². The van der Waals surface area contributed by atoms with Crippen molar-refractivity contribution < 1.29 is 9.53 Å². The summed E-state index contributed by atoms with van der Waals surface area (Å²) in [6, 6.07) is 16.7. The zero-order chi connectivity index (χ0) is 15.6. The number of hydrazone groups is 1. The summed E-state index contributed by atoms with van der Waals surface area (Å²) in [5.74, 6) is 0.676. The average Bonchev–Trinajstić information content (AvgIpc) is 2.53. The van der Waals surface area contributed by atoms with Crippen molar-refractivity contribution in [3.05, 3.63) is 71.8 Å². The molecule has 0 bridgehead atoms. The third-order valence-electron chi connectivity index (χ3n) is 2.74. The van der Waals surface area contributed by atoms with Gasteiger partial charge in [0.25, 0.3) is 0 Å². The molecule has 0 saturated heterocycles. The van der Waals surface area contributed by atoms with E-state index >= 15 is 0 Å². The van der Waals surface area contributed by atoms with E-state index in [9.17, 15) is 4.79 Å². The SMILES string of the molecule is NC(=O)NN=Cc1ccccc1OCC=Cc1ccccc1. The molecule has 0 aliphatic heterocycles. The fourth-order valence-electron chi connectivity index (χ4n) is 1.77. The molecule has 2 rings (SSSR count). The molecule has 2 aromatic carbocycles. The molecule has 0 spiro atoms. The number of primary amides is 1. The first-order valence-corrected chi connectivity index (χ1v) is 6.77.